The first kappa shape index (κ1) is 9.91. The van der Waals surface area contributed by atoms with Crippen molar-refractivity contribution >= 4 is 10.9 Å². The van der Waals surface area contributed by atoms with Crippen LogP contribution in [0.1, 0.15) is 36.6 Å². The molecule has 0 radical (unpaired) electrons. The van der Waals surface area contributed by atoms with Gasteiger partial charge in [-0.05, 0) is 29.2 Å². The lowest BCUT2D eigenvalue weighted by molar-refractivity contribution is 0.641. The van der Waals surface area contributed by atoms with Gasteiger partial charge < -0.3 is 10.3 Å². The second-order valence-electron chi connectivity index (χ2n) is 4.97. The molecule has 1 aliphatic heterocycles. The summed E-state index contributed by atoms with van der Waals surface area (Å²) in [7, 11) is 0. The molecule has 84 valence electrons. The highest BCUT2D eigenvalue weighted by Crippen LogP contribution is 2.27. The monoisotopic (exact) mass is 214 g/mol. The smallest absolute Gasteiger partial charge is 0.0459 e. The SMILES string of the molecule is CC(C)c1ccc2[nH]c3c(c2c1)CNCC3. The molecule has 2 aromatic rings. The number of fused-ring (bicyclic) bond motifs is 3. The Morgan fingerprint density at radius 1 is 1.25 bits per heavy atom. The van der Waals surface area contributed by atoms with Gasteiger partial charge in [-0.15, -0.1) is 0 Å². The lowest BCUT2D eigenvalue weighted by Crippen LogP contribution is -2.22. The molecule has 0 spiro atoms. The zero-order valence-corrected chi connectivity index (χ0v) is 9.93. The highest BCUT2D eigenvalue weighted by Gasteiger charge is 2.15. The van der Waals surface area contributed by atoms with Crippen LogP contribution in [0.5, 0.6) is 0 Å². The largest absolute Gasteiger partial charge is 0.358 e. The Labute approximate surface area is 96.1 Å². The van der Waals surface area contributed by atoms with Gasteiger partial charge in [0.05, 0.1) is 0 Å². The zero-order chi connectivity index (χ0) is 11.1. The summed E-state index contributed by atoms with van der Waals surface area (Å²) in [4.78, 5) is 3.54. The molecule has 2 N–H and O–H groups in total. The van der Waals surface area contributed by atoms with Crippen LogP contribution in [0.2, 0.25) is 0 Å². The van der Waals surface area contributed by atoms with E-state index in [0.717, 1.165) is 19.5 Å². The summed E-state index contributed by atoms with van der Waals surface area (Å²) >= 11 is 0. The molecule has 1 aromatic heterocycles. The number of benzene rings is 1. The van der Waals surface area contributed by atoms with Crippen LogP contribution >= 0.6 is 0 Å². The normalized spacial score (nSPS) is 15.7. The minimum Gasteiger partial charge on any atom is -0.358 e. The van der Waals surface area contributed by atoms with Crippen LogP contribution in [0.3, 0.4) is 0 Å². The van der Waals surface area contributed by atoms with E-state index in [4.69, 9.17) is 0 Å². The average molecular weight is 214 g/mol. The molecule has 1 aromatic carbocycles. The highest BCUT2D eigenvalue weighted by atomic mass is 14.9. The van der Waals surface area contributed by atoms with Gasteiger partial charge in [-0.1, -0.05) is 19.9 Å². The Morgan fingerprint density at radius 3 is 2.94 bits per heavy atom. The quantitative estimate of drug-likeness (QED) is 0.750. The predicted octanol–water partition coefficient (Wildman–Crippen LogP) is 2.94. The van der Waals surface area contributed by atoms with Crippen molar-refractivity contribution in [1.82, 2.24) is 10.3 Å². The molecule has 1 aliphatic rings. The van der Waals surface area contributed by atoms with E-state index in [1.807, 2.05) is 0 Å². The van der Waals surface area contributed by atoms with Gasteiger partial charge in [0.2, 0.25) is 0 Å². The van der Waals surface area contributed by atoms with E-state index in [1.165, 1.54) is 27.7 Å². The van der Waals surface area contributed by atoms with Crippen molar-refractivity contribution in [1.29, 1.82) is 0 Å². The second-order valence-corrected chi connectivity index (χ2v) is 4.97. The lowest BCUT2D eigenvalue weighted by Gasteiger charge is -2.13. The van der Waals surface area contributed by atoms with Crippen LogP contribution < -0.4 is 5.32 Å². The van der Waals surface area contributed by atoms with E-state index in [2.05, 4.69) is 42.3 Å². The maximum Gasteiger partial charge on any atom is 0.0459 e. The third kappa shape index (κ3) is 1.45. The second kappa shape index (κ2) is 3.63. The molecule has 0 fully saturated rings. The number of aromatic amines is 1. The van der Waals surface area contributed by atoms with Gasteiger partial charge in [0.15, 0.2) is 0 Å². The van der Waals surface area contributed by atoms with Gasteiger partial charge in [-0.25, -0.2) is 0 Å². The van der Waals surface area contributed by atoms with Gasteiger partial charge in [0, 0.05) is 36.1 Å². The standard InChI is InChI=1S/C14H18N2/c1-9(2)10-3-4-13-11(7-10)12-8-15-6-5-14(12)16-13/h3-4,7,9,15-16H,5-6,8H2,1-2H3. The number of aromatic nitrogens is 1. The van der Waals surface area contributed by atoms with Gasteiger partial charge in [0.1, 0.15) is 0 Å². The third-order valence-corrected chi connectivity index (χ3v) is 3.54. The molecule has 2 nitrogen and oxygen atoms in total. The fourth-order valence-corrected chi connectivity index (χ4v) is 2.52. The lowest BCUT2D eigenvalue weighted by atomic mass is 9.99. The van der Waals surface area contributed by atoms with Crippen molar-refractivity contribution in [2.75, 3.05) is 6.54 Å². The van der Waals surface area contributed by atoms with Crippen molar-refractivity contribution < 1.29 is 0 Å². The average Bonchev–Trinajstić information content (AvgIpc) is 2.66. The summed E-state index contributed by atoms with van der Waals surface area (Å²) in [6.45, 7) is 6.60. The molecular formula is C14H18N2. The van der Waals surface area contributed by atoms with Crippen molar-refractivity contribution in [2.24, 2.45) is 0 Å². The van der Waals surface area contributed by atoms with Crippen LogP contribution in [0.25, 0.3) is 10.9 Å². The van der Waals surface area contributed by atoms with E-state index < -0.39 is 0 Å². The summed E-state index contributed by atoms with van der Waals surface area (Å²) in [6, 6.07) is 6.81. The van der Waals surface area contributed by atoms with Gasteiger partial charge in [0.25, 0.3) is 0 Å². The molecule has 2 heteroatoms. The van der Waals surface area contributed by atoms with Crippen LogP contribution in [-0.4, -0.2) is 11.5 Å². The van der Waals surface area contributed by atoms with Crippen LogP contribution in [0.4, 0.5) is 0 Å². The summed E-state index contributed by atoms with van der Waals surface area (Å²) in [5, 5.41) is 4.86. The number of H-pyrrole nitrogens is 1. The molecule has 0 bridgehead atoms. The van der Waals surface area contributed by atoms with Crippen molar-refractivity contribution in [3.8, 4) is 0 Å². The first-order valence-corrected chi connectivity index (χ1v) is 6.10. The van der Waals surface area contributed by atoms with Crippen molar-refractivity contribution in [3.63, 3.8) is 0 Å². The maximum absolute atomic E-state index is 3.54. The minimum absolute atomic E-state index is 0.603. The van der Waals surface area contributed by atoms with E-state index in [0.29, 0.717) is 5.92 Å². The Bertz CT molecular complexity index is 523. The van der Waals surface area contributed by atoms with E-state index in [1.54, 1.807) is 0 Å². The number of hydrogen-bond acceptors (Lipinski definition) is 1. The molecule has 16 heavy (non-hydrogen) atoms. The van der Waals surface area contributed by atoms with Crippen LogP contribution in [-0.2, 0) is 13.0 Å². The zero-order valence-electron chi connectivity index (χ0n) is 9.93. The molecule has 0 amide bonds. The summed E-state index contributed by atoms with van der Waals surface area (Å²) in [5.74, 6) is 0.603. The minimum atomic E-state index is 0.603. The van der Waals surface area contributed by atoms with Crippen LogP contribution in [0.15, 0.2) is 18.2 Å². The number of hydrogen-bond donors (Lipinski definition) is 2. The topological polar surface area (TPSA) is 27.8 Å². The molecular weight excluding hydrogens is 196 g/mol. The molecule has 0 aliphatic carbocycles. The fraction of sp³-hybridized carbons (Fsp3) is 0.429. The summed E-state index contributed by atoms with van der Waals surface area (Å²) in [6.07, 6.45) is 1.13. The Hall–Kier alpha value is -1.28. The van der Waals surface area contributed by atoms with E-state index in [-0.39, 0.29) is 0 Å². The van der Waals surface area contributed by atoms with Crippen molar-refractivity contribution in [3.05, 3.63) is 35.0 Å². The molecule has 0 atom stereocenters. The first-order valence-electron chi connectivity index (χ1n) is 6.10. The summed E-state index contributed by atoms with van der Waals surface area (Å²) < 4.78 is 0. The Kier molecular flexibility index (Phi) is 2.25. The molecule has 3 rings (SSSR count). The molecule has 2 heterocycles. The number of nitrogens with one attached hydrogen (secondary N) is 2. The Morgan fingerprint density at radius 2 is 2.12 bits per heavy atom. The molecule has 0 unspecified atom stereocenters. The van der Waals surface area contributed by atoms with E-state index >= 15 is 0 Å². The summed E-state index contributed by atoms with van der Waals surface area (Å²) in [5.41, 5.74) is 5.62. The first-order chi connectivity index (χ1) is 7.75. The maximum atomic E-state index is 3.54. The predicted molar refractivity (Wildman–Crippen MR) is 67.8 cm³/mol. The number of rotatable bonds is 1. The van der Waals surface area contributed by atoms with Gasteiger partial charge in [-0.3, -0.25) is 0 Å². The highest BCUT2D eigenvalue weighted by molar-refractivity contribution is 5.85. The van der Waals surface area contributed by atoms with E-state index in [9.17, 15) is 0 Å². The van der Waals surface area contributed by atoms with Gasteiger partial charge >= 0.3 is 0 Å². The molecule has 0 saturated heterocycles. The molecule has 0 saturated carbocycles. The van der Waals surface area contributed by atoms with Crippen molar-refractivity contribution in [2.45, 2.75) is 32.7 Å². The van der Waals surface area contributed by atoms with Gasteiger partial charge in [-0.2, -0.15) is 0 Å². The fourth-order valence-electron chi connectivity index (χ4n) is 2.52. The third-order valence-electron chi connectivity index (χ3n) is 3.54. The van der Waals surface area contributed by atoms with Crippen LogP contribution in [0, 0.1) is 0 Å². The Balaban J connectivity index is 2.21.